The number of rotatable bonds is 6. The maximum Gasteiger partial charge on any atom is 0.214 e. The third-order valence-electron chi connectivity index (χ3n) is 2.34. The molecule has 6 heteroatoms. The Kier molecular flexibility index (Phi) is 5.52. The van der Waals surface area contributed by atoms with Crippen molar-refractivity contribution in [3.8, 4) is 0 Å². The van der Waals surface area contributed by atoms with Gasteiger partial charge in [-0.05, 0) is 26.3 Å². The van der Waals surface area contributed by atoms with E-state index in [1.807, 2.05) is 6.92 Å². The molecule has 1 atom stereocenters. The van der Waals surface area contributed by atoms with Crippen LogP contribution in [0.15, 0.2) is 0 Å². The Morgan fingerprint density at radius 3 is 2.93 bits per heavy atom. The highest BCUT2D eigenvalue weighted by Gasteiger charge is 2.19. The van der Waals surface area contributed by atoms with Crippen LogP contribution in [0.4, 0.5) is 0 Å². The lowest BCUT2D eigenvalue weighted by atomic mass is 10.1. The van der Waals surface area contributed by atoms with Gasteiger partial charge in [0.15, 0.2) is 0 Å². The van der Waals surface area contributed by atoms with E-state index in [1.54, 1.807) is 0 Å². The number of hydrogen-bond donors (Lipinski definition) is 2. The molecule has 0 unspecified atom stereocenters. The van der Waals surface area contributed by atoms with Crippen molar-refractivity contribution in [2.75, 3.05) is 32.1 Å². The second kappa shape index (κ2) is 6.42. The molecule has 0 aromatic heterocycles. The zero-order valence-corrected chi connectivity index (χ0v) is 9.98. The first-order valence-corrected chi connectivity index (χ1v) is 7.08. The Balaban J connectivity index is 2.27. The summed E-state index contributed by atoms with van der Waals surface area (Å²) in [6, 6.07) is 0.0466. The van der Waals surface area contributed by atoms with Gasteiger partial charge in [-0.25, -0.2) is 13.1 Å². The quantitative estimate of drug-likeness (QED) is 0.621. The summed E-state index contributed by atoms with van der Waals surface area (Å²) in [6.45, 7) is 4.39. The summed E-state index contributed by atoms with van der Waals surface area (Å²) in [5.74, 6) is 0.0529. The molecule has 0 aromatic carbocycles. The molecule has 0 amide bonds. The Morgan fingerprint density at radius 2 is 2.33 bits per heavy atom. The number of nitrogens with one attached hydrogen (secondary N) is 2. The van der Waals surface area contributed by atoms with E-state index in [0.717, 1.165) is 25.9 Å². The molecule has 1 aliphatic heterocycles. The van der Waals surface area contributed by atoms with Gasteiger partial charge in [0.2, 0.25) is 10.0 Å². The SMILES string of the molecule is CCOCCS(=O)(=O)N[C@@H]1CCCNC1. The highest BCUT2D eigenvalue weighted by Crippen LogP contribution is 2.02. The molecule has 15 heavy (non-hydrogen) atoms. The molecular formula is C9H20N2O3S. The normalized spacial score (nSPS) is 22.9. The van der Waals surface area contributed by atoms with Crippen molar-refractivity contribution in [2.45, 2.75) is 25.8 Å². The van der Waals surface area contributed by atoms with Gasteiger partial charge in [0, 0.05) is 19.2 Å². The van der Waals surface area contributed by atoms with E-state index >= 15 is 0 Å². The zero-order chi connectivity index (χ0) is 11.1. The van der Waals surface area contributed by atoms with Crippen LogP contribution in [0.5, 0.6) is 0 Å². The summed E-state index contributed by atoms with van der Waals surface area (Å²) in [5, 5.41) is 3.17. The van der Waals surface area contributed by atoms with Crippen molar-refractivity contribution in [1.29, 1.82) is 0 Å². The summed E-state index contributed by atoms with van der Waals surface area (Å²) < 4.78 is 30.8. The van der Waals surface area contributed by atoms with Crippen LogP contribution >= 0.6 is 0 Å². The van der Waals surface area contributed by atoms with Crippen LogP contribution in [0.2, 0.25) is 0 Å². The molecule has 0 radical (unpaired) electrons. The lowest BCUT2D eigenvalue weighted by Crippen LogP contribution is -2.46. The summed E-state index contributed by atoms with van der Waals surface area (Å²) in [7, 11) is -3.17. The van der Waals surface area contributed by atoms with Gasteiger partial charge in [0.1, 0.15) is 0 Å². The van der Waals surface area contributed by atoms with Crippen molar-refractivity contribution in [1.82, 2.24) is 10.0 Å². The molecule has 1 aliphatic rings. The Hall–Kier alpha value is -0.170. The van der Waals surface area contributed by atoms with Crippen LogP contribution < -0.4 is 10.0 Å². The lowest BCUT2D eigenvalue weighted by Gasteiger charge is -2.23. The fourth-order valence-corrected chi connectivity index (χ4v) is 2.74. The molecule has 0 spiro atoms. The van der Waals surface area contributed by atoms with Crippen molar-refractivity contribution in [2.24, 2.45) is 0 Å². The van der Waals surface area contributed by atoms with Crippen LogP contribution in [-0.4, -0.2) is 46.5 Å². The summed E-state index contributed by atoms with van der Waals surface area (Å²) in [5.41, 5.74) is 0. The van der Waals surface area contributed by atoms with Gasteiger partial charge in [-0.15, -0.1) is 0 Å². The van der Waals surface area contributed by atoms with Crippen LogP contribution in [0.25, 0.3) is 0 Å². The van der Waals surface area contributed by atoms with Gasteiger partial charge in [-0.1, -0.05) is 0 Å². The molecular weight excluding hydrogens is 216 g/mol. The van der Waals surface area contributed by atoms with E-state index in [-0.39, 0.29) is 18.4 Å². The minimum atomic E-state index is -3.17. The molecule has 1 fully saturated rings. The van der Waals surface area contributed by atoms with Crippen LogP contribution in [-0.2, 0) is 14.8 Å². The number of ether oxygens (including phenoxy) is 1. The first-order chi connectivity index (χ1) is 7.14. The van der Waals surface area contributed by atoms with Crippen LogP contribution in [0, 0.1) is 0 Å². The fourth-order valence-electron chi connectivity index (χ4n) is 1.58. The highest BCUT2D eigenvalue weighted by atomic mass is 32.2. The van der Waals surface area contributed by atoms with Crippen molar-refractivity contribution in [3.63, 3.8) is 0 Å². The topological polar surface area (TPSA) is 67.4 Å². The third kappa shape index (κ3) is 5.46. The molecule has 0 bridgehead atoms. The Morgan fingerprint density at radius 1 is 1.53 bits per heavy atom. The van der Waals surface area contributed by atoms with Crippen LogP contribution in [0.1, 0.15) is 19.8 Å². The first kappa shape index (κ1) is 12.9. The van der Waals surface area contributed by atoms with Gasteiger partial charge >= 0.3 is 0 Å². The van der Waals surface area contributed by atoms with E-state index in [9.17, 15) is 8.42 Å². The van der Waals surface area contributed by atoms with E-state index in [1.165, 1.54) is 0 Å². The minimum absolute atomic E-state index is 0.0466. The monoisotopic (exact) mass is 236 g/mol. The predicted octanol–water partition coefficient (Wildman–Crippen LogP) is -0.306. The largest absolute Gasteiger partial charge is 0.381 e. The standard InChI is InChI=1S/C9H20N2O3S/c1-2-14-6-7-15(12,13)11-9-4-3-5-10-8-9/h9-11H,2-8H2,1H3/t9-/m1/s1. The third-order valence-corrected chi connectivity index (χ3v) is 3.74. The van der Waals surface area contributed by atoms with E-state index < -0.39 is 10.0 Å². The zero-order valence-electron chi connectivity index (χ0n) is 9.16. The average molecular weight is 236 g/mol. The number of piperidine rings is 1. The molecule has 5 nitrogen and oxygen atoms in total. The molecule has 2 N–H and O–H groups in total. The predicted molar refractivity (Wildman–Crippen MR) is 59.3 cm³/mol. The maximum atomic E-state index is 11.6. The van der Waals surface area contributed by atoms with E-state index in [2.05, 4.69) is 10.0 Å². The average Bonchev–Trinajstić information content (AvgIpc) is 2.18. The molecule has 90 valence electrons. The molecule has 1 rings (SSSR count). The second-order valence-electron chi connectivity index (χ2n) is 3.68. The Bertz CT molecular complexity index is 261. The lowest BCUT2D eigenvalue weighted by molar-refractivity contribution is 0.163. The number of sulfonamides is 1. The van der Waals surface area contributed by atoms with Gasteiger partial charge < -0.3 is 10.1 Å². The molecule has 0 aromatic rings. The van der Waals surface area contributed by atoms with Gasteiger partial charge in [0.05, 0.1) is 12.4 Å². The van der Waals surface area contributed by atoms with E-state index in [0.29, 0.717) is 6.61 Å². The number of hydrogen-bond acceptors (Lipinski definition) is 4. The summed E-state index contributed by atoms with van der Waals surface area (Å²) in [6.07, 6.45) is 1.94. The highest BCUT2D eigenvalue weighted by molar-refractivity contribution is 7.89. The van der Waals surface area contributed by atoms with Gasteiger partial charge in [0.25, 0.3) is 0 Å². The smallest absolute Gasteiger partial charge is 0.214 e. The maximum absolute atomic E-state index is 11.6. The Labute approximate surface area is 91.6 Å². The second-order valence-corrected chi connectivity index (χ2v) is 5.55. The van der Waals surface area contributed by atoms with Gasteiger partial charge in [-0.2, -0.15) is 0 Å². The fraction of sp³-hybridized carbons (Fsp3) is 1.00. The summed E-state index contributed by atoms with van der Waals surface area (Å²) in [4.78, 5) is 0. The van der Waals surface area contributed by atoms with Crippen LogP contribution in [0.3, 0.4) is 0 Å². The van der Waals surface area contributed by atoms with Crippen molar-refractivity contribution >= 4 is 10.0 Å². The molecule has 0 saturated carbocycles. The van der Waals surface area contributed by atoms with Crippen molar-refractivity contribution in [3.05, 3.63) is 0 Å². The van der Waals surface area contributed by atoms with E-state index in [4.69, 9.17) is 4.74 Å². The molecule has 1 heterocycles. The molecule has 0 aliphatic carbocycles. The van der Waals surface area contributed by atoms with Gasteiger partial charge in [-0.3, -0.25) is 0 Å². The summed E-state index contributed by atoms with van der Waals surface area (Å²) >= 11 is 0. The molecule has 1 saturated heterocycles. The first-order valence-electron chi connectivity index (χ1n) is 5.42. The minimum Gasteiger partial charge on any atom is -0.381 e. The van der Waals surface area contributed by atoms with Crippen molar-refractivity contribution < 1.29 is 13.2 Å².